The Labute approximate surface area is 92.9 Å². The molecule has 2 rings (SSSR count). The Hall–Kier alpha value is -1.63. The van der Waals surface area contributed by atoms with E-state index >= 15 is 0 Å². The molecule has 0 aliphatic rings. The number of nitrogens with one attached hydrogen (secondary N) is 1. The third kappa shape index (κ3) is 2.13. The smallest absolute Gasteiger partial charge is 0.167 e. The molecule has 0 atom stereocenters. The lowest BCUT2D eigenvalue weighted by molar-refractivity contribution is 0.235. The van der Waals surface area contributed by atoms with Gasteiger partial charge < -0.3 is 9.26 Å². The summed E-state index contributed by atoms with van der Waals surface area (Å²) in [5, 5.41) is 6.27. The van der Waals surface area contributed by atoms with Crippen molar-refractivity contribution in [3.8, 4) is 5.75 Å². The Bertz CT molecular complexity index is 481. The van der Waals surface area contributed by atoms with E-state index < -0.39 is 0 Å². The molecule has 16 heavy (non-hydrogen) atoms. The molecule has 6 nitrogen and oxygen atoms in total. The van der Waals surface area contributed by atoms with Gasteiger partial charge in [0.05, 0.1) is 13.7 Å². The second kappa shape index (κ2) is 4.48. The number of nitrogens with two attached hydrogens (primary N) is 1. The highest BCUT2D eigenvalue weighted by molar-refractivity contribution is 5.80. The number of methoxy groups -OCH3 is 1. The zero-order valence-corrected chi connectivity index (χ0v) is 9.23. The summed E-state index contributed by atoms with van der Waals surface area (Å²) >= 11 is 0. The lowest BCUT2D eigenvalue weighted by Crippen LogP contribution is -2.39. The summed E-state index contributed by atoms with van der Waals surface area (Å²) < 4.78 is 10.3. The minimum absolute atomic E-state index is 0.507. The van der Waals surface area contributed by atoms with Crippen molar-refractivity contribution in [1.29, 1.82) is 0 Å². The maximum atomic E-state index is 5.45. The Morgan fingerprint density at radius 2 is 2.38 bits per heavy atom. The molecule has 0 aliphatic carbocycles. The van der Waals surface area contributed by atoms with E-state index in [4.69, 9.17) is 15.1 Å². The van der Waals surface area contributed by atoms with Crippen LogP contribution >= 0.6 is 0 Å². The van der Waals surface area contributed by atoms with Crippen LogP contribution in [0.2, 0.25) is 0 Å². The van der Waals surface area contributed by atoms with Crippen LogP contribution in [0.1, 0.15) is 5.69 Å². The van der Waals surface area contributed by atoms with Crippen LogP contribution in [0, 0.1) is 0 Å². The lowest BCUT2D eigenvalue weighted by Gasteiger charge is -2.09. The van der Waals surface area contributed by atoms with E-state index in [0.29, 0.717) is 6.54 Å². The van der Waals surface area contributed by atoms with E-state index in [1.807, 2.05) is 18.2 Å². The minimum Gasteiger partial charge on any atom is -0.497 e. The molecule has 0 saturated heterocycles. The first-order valence-corrected chi connectivity index (χ1v) is 4.85. The molecule has 86 valence electrons. The Balaban J connectivity index is 2.30. The summed E-state index contributed by atoms with van der Waals surface area (Å²) in [4.78, 5) is 0. The van der Waals surface area contributed by atoms with Crippen LogP contribution in [-0.2, 0) is 6.54 Å². The molecule has 2 aromatic rings. The number of hydrogen-bond donors (Lipinski definition) is 2. The van der Waals surface area contributed by atoms with Crippen LogP contribution < -0.4 is 16.0 Å². The molecule has 0 saturated carbocycles. The maximum absolute atomic E-state index is 5.45. The van der Waals surface area contributed by atoms with Crippen LogP contribution in [0.3, 0.4) is 0 Å². The zero-order valence-electron chi connectivity index (χ0n) is 9.23. The Morgan fingerprint density at radius 3 is 3.06 bits per heavy atom. The van der Waals surface area contributed by atoms with Crippen LogP contribution in [-0.4, -0.2) is 24.4 Å². The lowest BCUT2D eigenvalue weighted by atomic mass is 10.2. The molecule has 1 heterocycles. The molecule has 0 fully saturated rings. The zero-order chi connectivity index (χ0) is 11.5. The van der Waals surface area contributed by atoms with Crippen molar-refractivity contribution in [3.63, 3.8) is 0 Å². The number of fused-ring (bicyclic) bond motifs is 1. The van der Waals surface area contributed by atoms with Gasteiger partial charge in [0.1, 0.15) is 11.4 Å². The average molecular weight is 222 g/mol. The first-order chi connectivity index (χ1) is 7.70. The number of rotatable bonds is 4. The molecule has 0 amide bonds. The van der Waals surface area contributed by atoms with Crippen LogP contribution in [0.15, 0.2) is 22.7 Å². The fourth-order valence-electron chi connectivity index (χ4n) is 1.42. The van der Waals surface area contributed by atoms with E-state index in [9.17, 15) is 0 Å². The van der Waals surface area contributed by atoms with Gasteiger partial charge >= 0.3 is 0 Å². The Kier molecular flexibility index (Phi) is 3.04. The van der Waals surface area contributed by atoms with Crippen molar-refractivity contribution in [2.24, 2.45) is 5.84 Å². The van der Waals surface area contributed by atoms with Crippen molar-refractivity contribution < 1.29 is 9.26 Å². The van der Waals surface area contributed by atoms with Gasteiger partial charge in [0.2, 0.25) is 0 Å². The van der Waals surface area contributed by atoms with Crippen molar-refractivity contribution in [1.82, 2.24) is 15.7 Å². The number of hydrogen-bond acceptors (Lipinski definition) is 6. The van der Waals surface area contributed by atoms with E-state index in [1.165, 1.54) is 5.12 Å². The van der Waals surface area contributed by atoms with E-state index in [-0.39, 0.29) is 0 Å². The van der Waals surface area contributed by atoms with Crippen molar-refractivity contribution in [2.45, 2.75) is 6.54 Å². The van der Waals surface area contributed by atoms with Crippen LogP contribution in [0.4, 0.5) is 0 Å². The predicted octanol–water partition coefficient (Wildman–Crippen LogP) is 0.646. The minimum atomic E-state index is 0.507. The highest BCUT2D eigenvalue weighted by Crippen LogP contribution is 2.23. The first kappa shape index (κ1) is 10.9. The molecule has 1 aromatic heterocycles. The summed E-state index contributed by atoms with van der Waals surface area (Å²) in [5.74, 6) is 6.22. The highest BCUT2D eigenvalue weighted by atomic mass is 16.5. The summed E-state index contributed by atoms with van der Waals surface area (Å²) in [6.07, 6.45) is 0. The monoisotopic (exact) mass is 222 g/mol. The Morgan fingerprint density at radius 1 is 1.56 bits per heavy atom. The average Bonchev–Trinajstić information content (AvgIpc) is 2.68. The largest absolute Gasteiger partial charge is 0.497 e. The standard InChI is InChI=1S/C10H14N4O2/c1-14(11)12-6-9-8-5-7(15-2)3-4-10(8)16-13-9/h3-5,12H,6,11H2,1-2H3. The van der Waals surface area contributed by atoms with Gasteiger partial charge in [-0.25, -0.2) is 5.43 Å². The molecule has 3 N–H and O–H groups in total. The number of nitrogens with zero attached hydrogens (tertiary/aromatic N) is 2. The summed E-state index contributed by atoms with van der Waals surface area (Å²) in [6, 6.07) is 5.55. The van der Waals surface area contributed by atoms with Gasteiger partial charge in [-0.15, -0.1) is 0 Å². The number of ether oxygens (including phenoxy) is 1. The number of benzene rings is 1. The molecule has 6 heteroatoms. The topological polar surface area (TPSA) is 76.6 Å². The quantitative estimate of drug-likeness (QED) is 0.584. The van der Waals surface area contributed by atoms with E-state index in [2.05, 4.69) is 10.6 Å². The van der Waals surface area contributed by atoms with Gasteiger partial charge in [0, 0.05) is 12.4 Å². The third-order valence-corrected chi connectivity index (χ3v) is 2.25. The predicted molar refractivity (Wildman–Crippen MR) is 59.4 cm³/mol. The second-order valence-corrected chi connectivity index (χ2v) is 3.44. The summed E-state index contributed by atoms with van der Waals surface area (Å²) in [6.45, 7) is 0.507. The molecule has 0 unspecified atom stereocenters. The molecule has 0 radical (unpaired) electrons. The van der Waals surface area contributed by atoms with Crippen LogP contribution in [0.25, 0.3) is 11.0 Å². The van der Waals surface area contributed by atoms with Gasteiger partial charge in [0.15, 0.2) is 5.58 Å². The fourth-order valence-corrected chi connectivity index (χ4v) is 1.42. The molecular formula is C10H14N4O2. The molecule has 0 bridgehead atoms. The SMILES string of the molecule is COc1ccc2onc(CNN(C)N)c2c1. The van der Waals surface area contributed by atoms with Gasteiger partial charge in [-0.05, 0) is 18.2 Å². The summed E-state index contributed by atoms with van der Waals surface area (Å²) in [7, 11) is 3.34. The van der Waals surface area contributed by atoms with Gasteiger partial charge in [-0.1, -0.05) is 5.16 Å². The van der Waals surface area contributed by atoms with Crippen molar-refractivity contribution in [2.75, 3.05) is 14.2 Å². The summed E-state index contributed by atoms with van der Waals surface area (Å²) in [5.41, 5.74) is 4.46. The second-order valence-electron chi connectivity index (χ2n) is 3.44. The van der Waals surface area contributed by atoms with E-state index in [0.717, 1.165) is 22.4 Å². The van der Waals surface area contributed by atoms with E-state index in [1.54, 1.807) is 14.2 Å². The van der Waals surface area contributed by atoms with Gasteiger partial charge in [0.25, 0.3) is 0 Å². The maximum Gasteiger partial charge on any atom is 0.167 e. The van der Waals surface area contributed by atoms with Gasteiger partial charge in [-0.2, -0.15) is 5.12 Å². The first-order valence-electron chi connectivity index (χ1n) is 4.85. The normalized spacial score (nSPS) is 11.2. The highest BCUT2D eigenvalue weighted by Gasteiger charge is 2.09. The molecule has 0 spiro atoms. The number of hydrazine groups is 2. The molecule has 0 aliphatic heterocycles. The third-order valence-electron chi connectivity index (χ3n) is 2.25. The fraction of sp³-hybridized carbons (Fsp3) is 0.300. The molecule has 1 aromatic carbocycles. The van der Waals surface area contributed by atoms with Crippen molar-refractivity contribution >= 4 is 11.0 Å². The van der Waals surface area contributed by atoms with Gasteiger partial charge in [-0.3, -0.25) is 5.84 Å². The van der Waals surface area contributed by atoms with Crippen molar-refractivity contribution in [3.05, 3.63) is 23.9 Å². The number of aromatic nitrogens is 1. The van der Waals surface area contributed by atoms with Crippen LogP contribution in [0.5, 0.6) is 5.75 Å². The molecular weight excluding hydrogens is 208 g/mol.